The smallest absolute Gasteiger partial charge is 0.136 e. The van der Waals surface area contributed by atoms with E-state index in [-0.39, 0.29) is 0 Å². The van der Waals surface area contributed by atoms with Gasteiger partial charge in [0.1, 0.15) is 11.6 Å². The Hall–Kier alpha value is -2.10. The molecule has 2 aromatic heterocycles. The van der Waals surface area contributed by atoms with Crippen LogP contribution in [0.4, 0.5) is 11.6 Å². The molecular weight excluding hydrogens is 212 g/mol. The van der Waals surface area contributed by atoms with Gasteiger partial charge in [-0.1, -0.05) is 0 Å². The van der Waals surface area contributed by atoms with Gasteiger partial charge in [0.2, 0.25) is 0 Å². The third-order valence-corrected chi connectivity index (χ3v) is 2.56. The van der Waals surface area contributed by atoms with Crippen molar-refractivity contribution in [3.8, 4) is 11.1 Å². The second-order valence-corrected chi connectivity index (χ2v) is 4.21. The van der Waals surface area contributed by atoms with E-state index in [0.29, 0.717) is 5.82 Å². The number of aromatic nitrogens is 2. The maximum Gasteiger partial charge on any atom is 0.136 e. The van der Waals surface area contributed by atoms with Crippen molar-refractivity contribution in [1.82, 2.24) is 9.97 Å². The van der Waals surface area contributed by atoms with E-state index in [1.54, 1.807) is 12.4 Å². The molecule has 4 nitrogen and oxygen atoms in total. The largest absolute Gasteiger partial charge is 0.383 e. The second-order valence-electron chi connectivity index (χ2n) is 4.21. The average Bonchev–Trinajstić information content (AvgIpc) is 2.32. The average molecular weight is 228 g/mol. The van der Waals surface area contributed by atoms with Gasteiger partial charge in [-0.3, -0.25) is 0 Å². The van der Waals surface area contributed by atoms with Gasteiger partial charge in [0.05, 0.1) is 0 Å². The molecule has 0 bridgehead atoms. The molecule has 0 radical (unpaired) electrons. The van der Waals surface area contributed by atoms with Crippen molar-refractivity contribution in [3.63, 3.8) is 0 Å². The molecule has 0 unspecified atom stereocenters. The Morgan fingerprint density at radius 2 is 1.94 bits per heavy atom. The Bertz CT molecular complexity index is 535. The molecule has 88 valence electrons. The lowest BCUT2D eigenvalue weighted by molar-refractivity contribution is 1.07. The maximum absolute atomic E-state index is 5.93. The minimum Gasteiger partial charge on any atom is -0.383 e. The first kappa shape index (κ1) is 11.4. The van der Waals surface area contributed by atoms with E-state index in [2.05, 4.69) is 9.97 Å². The Kier molecular flexibility index (Phi) is 2.95. The molecule has 4 heteroatoms. The summed E-state index contributed by atoms with van der Waals surface area (Å²) in [7, 11) is 3.93. The predicted octanol–water partition coefficient (Wildman–Crippen LogP) is 2.10. The van der Waals surface area contributed by atoms with Gasteiger partial charge in [0.25, 0.3) is 0 Å². The first-order chi connectivity index (χ1) is 8.09. The zero-order valence-electron chi connectivity index (χ0n) is 10.3. The molecule has 0 saturated carbocycles. The summed E-state index contributed by atoms with van der Waals surface area (Å²) in [5, 5.41) is 0. The third kappa shape index (κ3) is 2.20. The number of aryl methyl sites for hydroxylation is 1. The van der Waals surface area contributed by atoms with Gasteiger partial charge >= 0.3 is 0 Å². The fourth-order valence-electron chi connectivity index (χ4n) is 1.76. The first-order valence-electron chi connectivity index (χ1n) is 5.44. The van der Waals surface area contributed by atoms with Gasteiger partial charge in [0.15, 0.2) is 0 Å². The van der Waals surface area contributed by atoms with Gasteiger partial charge in [-0.2, -0.15) is 0 Å². The maximum atomic E-state index is 5.93. The molecule has 0 atom stereocenters. The van der Waals surface area contributed by atoms with Crippen LogP contribution in [0.5, 0.6) is 0 Å². The number of anilines is 2. The zero-order chi connectivity index (χ0) is 12.4. The highest BCUT2D eigenvalue weighted by Crippen LogP contribution is 2.31. The monoisotopic (exact) mass is 228 g/mol. The summed E-state index contributed by atoms with van der Waals surface area (Å²) in [4.78, 5) is 10.5. The van der Waals surface area contributed by atoms with E-state index in [9.17, 15) is 0 Å². The fourth-order valence-corrected chi connectivity index (χ4v) is 1.76. The number of nitrogens with two attached hydrogens (primary N) is 1. The zero-order valence-corrected chi connectivity index (χ0v) is 10.3. The van der Waals surface area contributed by atoms with E-state index in [4.69, 9.17) is 5.73 Å². The van der Waals surface area contributed by atoms with Crippen LogP contribution in [-0.2, 0) is 0 Å². The molecule has 17 heavy (non-hydrogen) atoms. The fraction of sp³-hybridized carbons (Fsp3) is 0.231. The number of nitrogens with zero attached hydrogens (tertiary/aromatic N) is 3. The summed E-state index contributed by atoms with van der Waals surface area (Å²) < 4.78 is 0. The normalized spacial score (nSPS) is 10.3. The van der Waals surface area contributed by atoms with Crippen LogP contribution in [0.3, 0.4) is 0 Å². The highest BCUT2D eigenvalue weighted by molar-refractivity contribution is 5.82. The standard InChI is InChI=1S/C13H16N4/c1-9-7-11(12(14)16-8-9)10-5-4-6-15-13(10)17(2)3/h4-8H,1-3H3,(H2,14,16). The summed E-state index contributed by atoms with van der Waals surface area (Å²) in [5.41, 5.74) is 8.96. The van der Waals surface area contributed by atoms with Crippen LogP contribution in [0.15, 0.2) is 30.6 Å². The predicted molar refractivity (Wildman–Crippen MR) is 70.9 cm³/mol. The molecule has 0 fully saturated rings. The van der Waals surface area contributed by atoms with Crippen LogP contribution < -0.4 is 10.6 Å². The molecule has 0 aliphatic carbocycles. The molecule has 2 aromatic rings. The van der Waals surface area contributed by atoms with E-state index in [1.165, 1.54) is 0 Å². The van der Waals surface area contributed by atoms with E-state index in [0.717, 1.165) is 22.5 Å². The summed E-state index contributed by atoms with van der Waals surface area (Å²) in [6.07, 6.45) is 3.54. The number of hydrogen-bond donors (Lipinski definition) is 1. The topological polar surface area (TPSA) is 55.0 Å². The van der Waals surface area contributed by atoms with Gasteiger partial charge in [-0.15, -0.1) is 0 Å². The van der Waals surface area contributed by atoms with Crippen LogP contribution in [-0.4, -0.2) is 24.1 Å². The number of pyridine rings is 2. The van der Waals surface area contributed by atoms with Crippen molar-refractivity contribution in [3.05, 3.63) is 36.2 Å². The van der Waals surface area contributed by atoms with Gasteiger partial charge in [0, 0.05) is 37.6 Å². The Balaban J connectivity index is 2.64. The number of rotatable bonds is 2. The molecule has 0 aromatic carbocycles. The summed E-state index contributed by atoms with van der Waals surface area (Å²) in [5.74, 6) is 1.43. The molecule has 2 N–H and O–H groups in total. The summed E-state index contributed by atoms with van der Waals surface area (Å²) in [6, 6.07) is 5.95. The van der Waals surface area contributed by atoms with Crippen molar-refractivity contribution in [2.24, 2.45) is 0 Å². The van der Waals surface area contributed by atoms with E-state index < -0.39 is 0 Å². The Morgan fingerprint density at radius 3 is 2.65 bits per heavy atom. The minimum absolute atomic E-state index is 0.534. The van der Waals surface area contributed by atoms with Crippen molar-refractivity contribution >= 4 is 11.6 Å². The van der Waals surface area contributed by atoms with E-state index >= 15 is 0 Å². The van der Waals surface area contributed by atoms with Gasteiger partial charge in [-0.25, -0.2) is 9.97 Å². The van der Waals surface area contributed by atoms with Crippen molar-refractivity contribution in [1.29, 1.82) is 0 Å². The molecule has 0 saturated heterocycles. The molecule has 0 spiro atoms. The highest BCUT2D eigenvalue weighted by Gasteiger charge is 2.11. The third-order valence-electron chi connectivity index (χ3n) is 2.56. The van der Waals surface area contributed by atoms with Crippen LogP contribution in [0.2, 0.25) is 0 Å². The molecule has 0 amide bonds. The van der Waals surface area contributed by atoms with Crippen LogP contribution in [0, 0.1) is 6.92 Å². The molecule has 0 aliphatic rings. The van der Waals surface area contributed by atoms with Crippen molar-refractivity contribution < 1.29 is 0 Å². The number of nitrogen functional groups attached to an aromatic ring is 1. The van der Waals surface area contributed by atoms with Crippen molar-refractivity contribution in [2.75, 3.05) is 24.7 Å². The number of hydrogen-bond acceptors (Lipinski definition) is 4. The van der Waals surface area contributed by atoms with Crippen LogP contribution in [0.1, 0.15) is 5.56 Å². The first-order valence-corrected chi connectivity index (χ1v) is 5.44. The molecular formula is C13H16N4. The lowest BCUT2D eigenvalue weighted by atomic mass is 10.1. The summed E-state index contributed by atoms with van der Waals surface area (Å²) >= 11 is 0. The highest BCUT2D eigenvalue weighted by atomic mass is 15.1. The molecule has 2 rings (SSSR count). The van der Waals surface area contributed by atoms with Crippen molar-refractivity contribution in [2.45, 2.75) is 6.92 Å². The van der Waals surface area contributed by atoms with Crippen LogP contribution >= 0.6 is 0 Å². The quantitative estimate of drug-likeness (QED) is 0.855. The van der Waals surface area contributed by atoms with Gasteiger partial charge in [-0.05, 0) is 30.7 Å². The van der Waals surface area contributed by atoms with Gasteiger partial charge < -0.3 is 10.6 Å². The molecule has 2 heterocycles. The molecule has 0 aliphatic heterocycles. The Morgan fingerprint density at radius 1 is 1.18 bits per heavy atom. The van der Waals surface area contributed by atoms with E-state index in [1.807, 2.05) is 44.1 Å². The SMILES string of the molecule is Cc1cnc(N)c(-c2cccnc2N(C)C)c1. The summed E-state index contributed by atoms with van der Waals surface area (Å²) in [6.45, 7) is 2.00. The minimum atomic E-state index is 0.534. The van der Waals surface area contributed by atoms with Crippen LogP contribution in [0.25, 0.3) is 11.1 Å². The second kappa shape index (κ2) is 4.41. The lowest BCUT2D eigenvalue weighted by Crippen LogP contribution is -2.12. The Labute approximate surface area is 101 Å². The lowest BCUT2D eigenvalue weighted by Gasteiger charge is -2.16.